The summed E-state index contributed by atoms with van der Waals surface area (Å²) < 4.78 is 0. The van der Waals surface area contributed by atoms with Gasteiger partial charge in [-0.2, -0.15) is 0 Å². The number of allylic oxidation sites excluding steroid dienone is 3. The Kier molecular flexibility index (Phi) is 3.40. The quantitative estimate of drug-likeness (QED) is 0.292. The van der Waals surface area contributed by atoms with Gasteiger partial charge in [-0.1, -0.05) is 29.6 Å². The van der Waals surface area contributed by atoms with E-state index in [2.05, 4.69) is 36.3 Å². The van der Waals surface area contributed by atoms with E-state index in [0.717, 1.165) is 6.42 Å². The summed E-state index contributed by atoms with van der Waals surface area (Å²) in [6.45, 7) is 5.19. The molecular weight excluding hydrogens is 178 g/mol. The number of nitrogens with zero attached hydrogens (tertiary/aromatic N) is 1. The van der Waals surface area contributed by atoms with Gasteiger partial charge in [-0.25, -0.2) is 9.79 Å². The minimum Gasteiger partial charge on any atom is -0.211 e. The fourth-order valence-corrected chi connectivity index (χ4v) is 4.29. The highest BCUT2D eigenvalue weighted by Gasteiger charge is 2.27. The van der Waals surface area contributed by atoms with Crippen molar-refractivity contribution in [3.8, 4) is 0 Å². The lowest BCUT2D eigenvalue weighted by Crippen LogP contribution is -2.27. The molecule has 0 bridgehead atoms. The van der Waals surface area contributed by atoms with Crippen LogP contribution in [0.4, 0.5) is 0 Å². The first-order chi connectivity index (χ1) is 6.19. The Labute approximate surface area is 80.1 Å². The number of aliphatic imine (C=N–C) groups is 1. The summed E-state index contributed by atoms with van der Waals surface area (Å²) in [5.41, 5.74) is 2.35. The van der Waals surface area contributed by atoms with Crippen molar-refractivity contribution >= 4 is 14.2 Å². The highest BCUT2D eigenvalue weighted by atomic mass is 28.3. The molecule has 0 fully saturated rings. The van der Waals surface area contributed by atoms with Crippen LogP contribution in [0.3, 0.4) is 0 Å². The summed E-state index contributed by atoms with van der Waals surface area (Å²) >= 11 is 0. The molecule has 1 atom stereocenters. The van der Waals surface area contributed by atoms with Crippen LogP contribution >= 0.6 is 0 Å². The summed E-state index contributed by atoms with van der Waals surface area (Å²) in [6.07, 6.45) is 6.94. The Bertz CT molecular complexity index is 289. The predicted octanol–water partition coefficient (Wildman–Crippen LogP) is 2.39. The second kappa shape index (κ2) is 4.35. The first-order valence-corrected chi connectivity index (χ1v) is 7.38. The van der Waals surface area contributed by atoms with E-state index in [9.17, 15) is 4.79 Å². The molecule has 0 N–H and O–H groups in total. The van der Waals surface area contributed by atoms with E-state index in [1.165, 1.54) is 11.2 Å². The van der Waals surface area contributed by atoms with Gasteiger partial charge < -0.3 is 0 Å². The molecule has 0 radical (unpaired) electrons. The molecule has 1 aliphatic heterocycles. The number of rotatable bonds is 4. The molecule has 0 saturated carbocycles. The normalized spacial score (nSPS) is 25.5. The summed E-state index contributed by atoms with van der Waals surface area (Å²) in [4.78, 5) is 13.4. The molecule has 0 aromatic carbocycles. The molecule has 70 valence electrons. The highest BCUT2D eigenvalue weighted by molar-refractivity contribution is 6.90. The first kappa shape index (κ1) is 10.2. The van der Waals surface area contributed by atoms with Gasteiger partial charge >= 0.3 is 0 Å². The van der Waals surface area contributed by atoms with Crippen molar-refractivity contribution in [3.63, 3.8) is 0 Å². The zero-order valence-electron chi connectivity index (χ0n) is 8.21. The smallest absolute Gasteiger partial charge is 0.211 e. The number of isocyanates is 1. The third kappa shape index (κ3) is 2.51. The average Bonchev–Trinajstić information content (AvgIpc) is 2.42. The molecule has 2 nitrogen and oxygen atoms in total. The largest absolute Gasteiger partial charge is 0.234 e. The minimum atomic E-state index is -1.25. The van der Waals surface area contributed by atoms with Crippen molar-refractivity contribution in [1.29, 1.82) is 0 Å². The maximum atomic E-state index is 9.84. The van der Waals surface area contributed by atoms with Gasteiger partial charge in [-0.15, -0.1) is 0 Å². The molecule has 0 aliphatic carbocycles. The van der Waals surface area contributed by atoms with Crippen molar-refractivity contribution in [3.05, 3.63) is 23.0 Å². The molecule has 1 rings (SSSR count). The average molecular weight is 193 g/mol. The van der Waals surface area contributed by atoms with Crippen molar-refractivity contribution in [2.45, 2.75) is 25.9 Å². The van der Waals surface area contributed by atoms with Gasteiger partial charge in [0.15, 0.2) is 0 Å². The number of hydrogen-bond donors (Lipinski definition) is 0. The second-order valence-corrected chi connectivity index (χ2v) is 8.16. The molecule has 0 spiro atoms. The summed E-state index contributed by atoms with van der Waals surface area (Å²) in [5.74, 6) is 0. The van der Waals surface area contributed by atoms with Gasteiger partial charge in [0.05, 0.1) is 6.54 Å². The van der Waals surface area contributed by atoms with Crippen LogP contribution in [-0.4, -0.2) is 20.7 Å². The SMILES string of the molecule is CC1=CC=C[Si]1(C)CCCN=C=O. The molecule has 0 amide bonds. The lowest BCUT2D eigenvalue weighted by atomic mass is 10.5. The van der Waals surface area contributed by atoms with Crippen molar-refractivity contribution in [2.24, 2.45) is 4.99 Å². The Morgan fingerprint density at radius 3 is 2.92 bits per heavy atom. The zero-order valence-corrected chi connectivity index (χ0v) is 9.21. The standard InChI is InChI=1S/C10H15NOSi/c1-10-5-3-7-13(10,2)8-4-6-11-9-12/h3,5,7H,4,6,8H2,1-2H3. The van der Waals surface area contributed by atoms with Crippen LogP contribution in [0.5, 0.6) is 0 Å². The highest BCUT2D eigenvalue weighted by Crippen LogP contribution is 2.27. The molecule has 0 saturated heterocycles. The lowest BCUT2D eigenvalue weighted by molar-refractivity contribution is 0.562. The number of hydrogen-bond acceptors (Lipinski definition) is 2. The van der Waals surface area contributed by atoms with E-state index >= 15 is 0 Å². The van der Waals surface area contributed by atoms with Crippen molar-refractivity contribution < 1.29 is 4.79 Å². The molecular formula is C10H15NOSi. The van der Waals surface area contributed by atoms with Crippen molar-refractivity contribution in [1.82, 2.24) is 0 Å². The van der Waals surface area contributed by atoms with Gasteiger partial charge in [0.1, 0.15) is 8.07 Å². The third-order valence-corrected chi connectivity index (χ3v) is 7.03. The molecule has 3 heteroatoms. The van der Waals surface area contributed by atoms with E-state index in [-0.39, 0.29) is 0 Å². The lowest BCUT2D eigenvalue weighted by Gasteiger charge is -2.20. The Balaban J connectivity index is 2.40. The predicted molar refractivity (Wildman–Crippen MR) is 56.9 cm³/mol. The van der Waals surface area contributed by atoms with Gasteiger partial charge in [0.2, 0.25) is 6.08 Å². The van der Waals surface area contributed by atoms with Crippen LogP contribution < -0.4 is 0 Å². The maximum absolute atomic E-state index is 9.84. The summed E-state index contributed by atoms with van der Waals surface area (Å²) in [6, 6.07) is 1.19. The third-order valence-electron chi connectivity index (χ3n) is 2.74. The summed E-state index contributed by atoms with van der Waals surface area (Å²) in [5, 5.41) is 1.53. The second-order valence-electron chi connectivity index (χ2n) is 3.70. The van der Waals surface area contributed by atoms with Crippen LogP contribution in [0.1, 0.15) is 13.3 Å². The fourth-order valence-electron chi connectivity index (χ4n) is 1.58. The fraction of sp³-hybridized carbons (Fsp3) is 0.500. The molecule has 0 aromatic rings. The Hall–Kier alpha value is -0.923. The topological polar surface area (TPSA) is 29.4 Å². The summed E-state index contributed by atoms with van der Waals surface area (Å²) in [7, 11) is -1.25. The van der Waals surface area contributed by atoms with E-state index in [1.54, 1.807) is 6.08 Å². The van der Waals surface area contributed by atoms with Crippen LogP contribution in [0.15, 0.2) is 28.0 Å². The van der Waals surface area contributed by atoms with E-state index in [0.29, 0.717) is 6.54 Å². The van der Waals surface area contributed by atoms with Gasteiger partial charge in [0, 0.05) is 0 Å². The molecule has 1 heterocycles. The van der Waals surface area contributed by atoms with Crippen LogP contribution in [0.2, 0.25) is 12.6 Å². The number of carbonyl (C=O) groups excluding carboxylic acids is 1. The Morgan fingerprint density at radius 2 is 2.38 bits per heavy atom. The van der Waals surface area contributed by atoms with Gasteiger partial charge in [-0.3, -0.25) is 0 Å². The zero-order chi connectivity index (χ0) is 9.73. The van der Waals surface area contributed by atoms with Gasteiger partial charge in [-0.05, 0) is 19.4 Å². The van der Waals surface area contributed by atoms with E-state index in [4.69, 9.17) is 0 Å². The minimum absolute atomic E-state index is 0.632. The first-order valence-electron chi connectivity index (χ1n) is 4.59. The van der Waals surface area contributed by atoms with Crippen LogP contribution in [0, 0.1) is 0 Å². The molecule has 0 aromatic heterocycles. The van der Waals surface area contributed by atoms with E-state index < -0.39 is 8.07 Å². The molecule has 1 unspecified atom stereocenters. The van der Waals surface area contributed by atoms with Crippen molar-refractivity contribution in [2.75, 3.05) is 6.54 Å². The van der Waals surface area contributed by atoms with Crippen LogP contribution in [0.25, 0.3) is 0 Å². The monoisotopic (exact) mass is 193 g/mol. The Morgan fingerprint density at radius 1 is 1.62 bits per heavy atom. The van der Waals surface area contributed by atoms with E-state index in [1.807, 2.05) is 0 Å². The maximum Gasteiger partial charge on any atom is 0.234 e. The van der Waals surface area contributed by atoms with Crippen LogP contribution in [-0.2, 0) is 4.79 Å². The molecule has 13 heavy (non-hydrogen) atoms. The molecule has 1 aliphatic rings. The van der Waals surface area contributed by atoms with Gasteiger partial charge in [0.25, 0.3) is 0 Å².